The van der Waals surface area contributed by atoms with Crippen molar-refractivity contribution in [3.63, 3.8) is 0 Å². The number of carbonyl (C=O) groups excluding carboxylic acids is 1. The lowest BCUT2D eigenvalue weighted by atomic mass is 10.1. The zero-order valence-corrected chi connectivity index (χ0v) is 15.4. The van der Waals surface area contributed by atoms with Gasteiger partial charge in [-0.2, -0.15) is 0 Å². The van der Waals surface area contributed by atoms with E-state index in [-0.39, 0.29) is 12.1 Å². The van der Waals surface area contributed by atoms with E-state index in [1.54, 1.807) is 12.2 Å². The Balaban J connectivity index is 3.74. The average molecular weight is 348 g/mol. The maximum absolute atomic E-state index is 10.9. The van der Waals surface area contributed by atoms with Gasteiger partial charge in [-0.1, -0.05) is 67.7 Å². The van der Waals surface area contributed by atoms with Gasteiger partial charge in [0.05, 0.1) is 19.3 Å². The molecule has 2 atom stereocenters. The fourth-order valence-corrected chi connectivity index (χ4v) is 1.84. The van der Waals surface area contributed by atoms with Crippen molar-refractivity contribution in [1.82, 2.24) is 0 Å². The zero-order valence-electron chi connectivity index (χ0n) is 15.4. The quantitative estimate of drug-likeness (QED) is 0.300. The molecule has 0 saturated carbocycles. The Morgan fingerprint density at radius 1 is 0.920 bits per heavy atom. The van der Waals surface area contributed by atoms with Gasteiger partial charge in [0, 0.05) is 6.42 Å². The van der Waals surface area contributed by atoms with Crippen LogP contribution in [-0.2, 0) is 9.53 Å². The van der Waals surface area contributed by atoms with E-state index < -0.39 is 6.10 Å². The second-order valence-corrected chi connectivity index (χ2v) is 5.58. The number of aliphatic hydroxyl groups is 2. The number of rotatable bonds is 13. The Bertz CT molecular complexity index is 472. The van der Waals surface area contributed by atoms with E-state index in [9.17, 15) is 15.0 Å². The summed E-state index contributed by atoms with van der Waals surface area (Å²) in [6.45, 7) is 1.94. The molecule has 2 N–H and O–H groups in total. The van der Waals surface area contributed by atoms with Crippen LogP contribution < -0.4 is 0 Å². The molecule has 140 valence electrons. The molecule has 0 unspecified atom stereocenters. The maximum atomic E-state index is 10.9. The van der Waals surface area contributed by atoms with Gasteiger partial charge >= 0.3 is 5.97 Å². The van der Waals surface area contributed by atoms with Crippen LogP contribution in [0.5, 0.6) is 0 Å². The van der Waals surface area contributed by atoms with E-state index in [1.807, 2.05) is 43.4 Å². The highest BCUT2D eigenvalue weighted by molar-refractivity contribution is 5.68. The monoisotopic (exact) mass is 348 g/mol. The van der Waals surface area contributed by atoms with Crippen molar-refractivity contribution in [2.75, 3.05) is 7.11 Å². The first-order valence-corrected chi connectivity index (χ1v) is 8.84. The molecule has 0 radical (unpaired) electrons. The van der Waals surface area contributed by atoms with Crippen molar-refractivity contribution < 1.29 is 19.7 Å². The third-order valence-electron chi connectivity index (χ3n) is 3.40. The molecule has 0 aliphatic carbocycles. The van der Waals surface area contributed by atoms with Crippen molar-refractivity contribution >= 4 is 5.97 Å². The van der Waals surface area contributed by atoms with Crippen LogP contribution in [-0.4, -0.2) is 35.5 Å². The number of methoxy groups -OCH3 is 1. The van der Waals surface area contributed by atoms with Crippen molar-refractivity contribution in [3.8, 4) is 0 Å². The normalized spacial score (nSPS) is 15.2. The van der Waals surface area contributed by atoms with Gasteiger partial charge in [-0.05, 0) is 32.1 Å². The van der Waals surface area contributed by atoms with Gasteiger partial charge in [0.2, 0.25) is 0 Å². The zero-order chi connectivity index (χ0) is 18.8. The van der Waals surface area contributed by atoms with Gasteiger partial charge in [0.1, 0.15) is 0 Å². The largest absolute Gasteiger partial charge is 0.469 e. The van der Waals surface area contributed by atoms with Crippen LogP contribution in [0.15, 0.2) is 60.8 Å². The molecule has 0 amide bonds. The third-order valence-corrected chi connectivity index (χ3v) is 3.40. The minimum Gasteiger partial charge on any atom is -0.469 e. The number of ether oxygens (including phenoxy) is 1. The van der Waals surface area contributed by atoms with Crippen LogP contribution in [0.1, 0.15) is 45.4 Å². The lowest BCUT2D eigenvalue weighted by Crippen LogP contribution is -2.05. The standard InChI is InChI=1S/C21H32O4/c1-3-19(22)15-12-10-8-6-4-5-7-9-11-13-16-20(23)17-14-18-21(24)25-2/h4-5,8-13,15-16,19-20,22-23H,3,6-7,14,17-18H2,1-2H3/b5-4-,10-8-,11-9-,15-12+,16-13+/t19-,20+/m0/s1. The van der Waals surface area contributed by atoms with Crippen LogP contribution in [0, 0.1) is 0 Å². The highest BCUT2D eigenvalue weighted by Gasteiger charge is 2.02. The summed E-state index contributed by atoms with van der Waals surface area (Å²) in [4.78, 5) is 10.9. The van der Waals surface area contributed by atoms with Gasteiger partial charge < -0.3 is 14.9 Å². The second-order valence-electron chi connectivity index (χ2n) is 5.58. The second kappa shape index (κ2) is 16.9. The topological polar surface area (TPSA) is 66.8 Å². The molecule has 0 bridgehead atoms. The van der Waals surface area contributed by atoms with Crippen LogP contribution in [0.3, 0.4) is 0 Å². The summed E-state index contributed by atoms with van der Waals surface area (Å²) in [6.07, 6.45) is 22.2. The van der Waals surface area contributed by atoms with Crippen molar-refractivity contribution in [3.05, 3.63) is 60.8 Å². The number of hydrogen-bond donors (Lipinski definition) is 2. The summed E-state index contributed by atoms with van der Waals surface area (Å²) in [6, 6.07) is 0. The molecule has 0 saturated heterocycles. The smallest absolute Gasteiger partial charge is 0.305 e. The molecule has 4 nitrogen and oxygen atoms in total. The number of esters is 1. The summed E-state index contributed by atoms with van der Waals surface area (Å²) >= 11 is 0. The molecule has 0 aliphatic heterocycles. The van der Waals surface area contributed by atoms with E-state index >= 15 is 0 Å². The van der Waals surface area contributed by atoms with Gasteiger partial charge in [-0.3, -0.25) is 4.79 Å². The average Bonchev–Trinajstić information content (AvgIpc) is 2.62. The van der Waals surface area contributed by atoms with Crippen molar-refractivity contribution in [2.24, 2.45) is 0 Å². The van der Waals surface area contributed by atoms with E-state index in [2.05, 4.69) is 16.9 Å². The van der Waals surface area contributed by atoms with Gasteiger partial charge in [-0.25, -0.2) is 0 Å². The molecular weight excluding hydrogens is 316 g/mol. The summed E-state index contributed by atoms with van der Waals surface area (Å²) < 4.78 is 4.54. The van der Waals surface area contributed by atoms with E-state index in [1.165, 1.54) is 7.11 Å². The summed E-state index contributed by atoms with van der Waals surface area (Å²) in [7, 11) is 1.37. The van der Waals surface area contributed by atoms with E-state index in [4.69, 9.17) is 0 Å². The molecule has 4 heteroatoms. The minimum atomic E-state index is -0.533. The first kappa shape index (κ1) is 23.1. The third kappa shape index (κ3) is 16.7. The van der Waals surface area contributed by atoms with E-state index in [0.29, 0.717) is 19.3 Å². The van der Waals surface area contributed by atoms with Crippen LogP contribution >= 0.6 is 0 Å². The Morgan fingerprint density at radius 3 is 2.00 bits per heavy atom. The number of allylic oxidation sites excluding steroid dienone is 8. The van der Waals surface area contributed by atoms with Gasteiger partial charge in [0.25, 0.3) is 0 Å². The molecule has 0 aliphatic rings. The lowest BCUT2D eigenvalue weighted by Gasteiger charge is -2.03. The van der Waals surface area contributed by atoms with Crippen molar-refractivity contribution in [1.29, 1.82) is 0 Å². The molecule has 0 aromatic carbocycles. The number of hydrogen-bond acceptors (Lipinski definition) is 4. The highest BCUT2D eigenvalue weighted by Crippen LogP contribution is 2.03. The SMILES string of the molecule is CC[C@H](O)/C=C/C=C\C/C=C\C/C=C\C=C\[C@@H](O)CCCC(=O)OC. The van der Waals surface area contributed by atoms with Crippen LogP contribution in [0.2, 0.25) is 0 Å². The Kier molecular flexibility index (Phi) is 15.6. The molecule has 0 aromatic heterocycles. The Labute approximate surface area is 151 Å². The first-order valence-electron chi connectivity index (χ1n) is 8.84. The Morgan fingerprint density at radius 2 is 1.48 bits per heavy atom. The molecule has 0 heterocycles. The first-order chi connectivity index (χ1) is 12.1. The van der Waals surface area contributed by atoms with E-state index in [0.717, 1.165) is 19.3 Å². The summed E-state index contributed by atoms with van der Waals surface area (Å²) in [5, 5.41) is 19.0. The predicted molar refractivity (Wildman–Crippen MR) is 103 cm³/mol. The minimum absolute atomic E-state index is 0.243. The molecule has 0 spiro atoms. The van der Waals surface area contributed by atoms with Crippen LogP contribution in [0.25, 0.3) is 0 Å². The number of carbonyl (C=O) groups is 1. The lowest BCUT2D eigenvalue weighted by molar-refractivity contribution is -0.140. The molecular formula is C21H32O4. The molecule has 0 aromatic rings. The molecule has 25 heavy (non-hydrogen) atoms. The summed E-state index contributed by atoms with van der Waals surface area (Å²) in [5.41, 5.74) is 0. The Hall–Kier alpha value is -1.91. The van der Waals surface area contributed by atoms with Gasteiger partial charge in [-0.15, -0.1) is 0 Å². The van der Waals surface area contributed by atoms with Crippen molar-refractivity contribution in [2.45, 2.75) is 57.7 Å². The maximum Gasteiger partial charge on any atom is 0.305 e. The van der Waals surface area contributed by atoms with Gasteiger partial charge in [0.15, 0.2) is 0 Å². The molecule has 0 fully saturated rings. The summed E-state index contributed by atoms with van der Waals surface area (Å²) in [5.74, 6) is -0.243. The highest BCUT2D eigenvalue weighted by atomic mass is 16.5. The van der Waals surface area contributed by atoms with Crippen LogP contribution in [0.4, 0.5) is 0 Å². The fraction of sp³-hybridized carbons (Fsp3) is 0.476. The fourth-order valence-electron chi connectivity index (χ4n) is 1.84. The number of aliphatic hydroxyl groups excluding tert-OH is 2. The molecule has 0 rings (SSSR count). The predicted octanol–water partition coefficient (Wildman–Crippen LogP) is 4.02.